The summed E-state index contributed by atoms with van der Waals surface area (Å²) in [5, 5.41) is 14.9. The molecule has 5 nitrogen and oxygen atoms in total. The maximum Gasteiger partial charge on any atom is 0.145 e. The minimum absolute atomic E-state index is 0.163. The van der Waals surface area contributed by atoms with Gasteiger partial charge in [0.2, 0.25) is 0 Å². The predicted molar refractivity (Wildman–Crippen MR) is 126 cm³/mol. The highest BCUT2D eigenvalue weighted by molar-refractivity contribution is 6.01. The van der Waals surface area contributed by atoms with E-state index in [4.69, 9.17) is 9.57 Å². The zero-order valence-corrected chi connectivity index (χ0v) is 18.5. The van der Waals surface area contributed by atoms with Crippen LogP contribution in [0.15, 0.2) is 90.1 Å². The Labute approximate surface area is 194 Å². The van der Waals surface area contributed by atoms with Gasteiger partial charge in [0.05, 0.1) is 25.0 Å². The van der Waals surface area contributed by atoms with E-state index >= 15 is 0 Å². The van der Waals surface area contributed by atoms with Crippen LogP contribution in [0.25, 0.3) is 0 Å². The van der Waals surface area contributed by atoms with Gasteiger partial charge in [0.15, 0.2) is 0 Å². The molecule has 0 aromatic heterocycles. The van der Waals surface area contributed by atoms with Crippen LogP contribution in [0.5, 0.6) is 0 Å². The molecule has 1 N–H and O–H groups in total. The lowest BCUT2D eigenvalue weighted by atomic mass is 10.0. The van der Waals surface area contributed by atoms with Crippen molar-refractivity contribution in [1.82, 2.24) is 4.90 Å². The second-order valence-corrected chi connectivity index (χ2v) is 8.28. The van der Waals surface area contributed by atoms with Gasteiger partial charge in [0, 0.05) is 31.6 Å². The number of oxime groups is 1. The first-order chi connectivity index (χ1) is 16.2. The molecule has 1 aliphatic rings. The molecule has 3 aromatic carbocycles. The maximum atomic E-state index is 14.3. The zero-order chi connectivity index (χ0) is 22.9. The van der Waals surface area contributed by atoms with Crippen molar-refractivity contribution in [3.8, 4) is 0 Å². The minimum Gasteiger partial charge on any atom is -0.390 e. The molecular formula is C27H29FN2O3. The van der Waals surface area contributed by atoms with Crippen LogP contribution in [0, 0.1) is 5.82 Å². The van der Waals surface area contributed by atoms with E-state index in [9.17, 15) is 9.50 Å². The molecule has 0 aliphatic carbocycles. The highest BCUT2D eigenvalue weighted by atomic mass is 19.1. The molecular weight excluding hydrogens is 419 g/mol. The predicted octanol–water partition coefficient (Wildman–Crippen LogP) is 4.40. The van der Waals surface area contributed by atoms with E-state index in [1.54, 1.807) is 12.1 Å². The van der Waals surface area contributed by atoms with Gasteiger partial charge in [-0.1, -0.05) is 84.0 Å². The van der Waals surface area contributed by atoms with Crippen molar-refractivity contribution in [1.29, 1.82) is 0 Å². The second kappa shape index (κ2) is 11.7. The average molecular weight is 449 g/mol. The maximum absolute atomic E-state index is 14.3. The number of rotatable bonds is 11. The molecule has 0 spiro atoms. The summed E-state index contributed by atoms with van der Waals surface area (Å²) in [6.07, 6.45) is -0.209. The second-order valence-electron chi connectivity index (χ2n) is 8.28. The fourth-order valence-electron chi connectivity index (χ4n) is 3.92. The molecule has 33 heavy (non-hydrogen) atoms. The molecule has 2 unspecified atom stereocenters. The summed E-state index contributed by atoms with van der Waals surface area (Å²) in [4.78, 5) is 7.68. The molecule has 1 heterocycles. The van der Waals surface area contributed by atoms with Gasteiger partial charge >= 0.3 is 0 Å². The number of ether oxygens (including phenoxy) is 1. The third kappa shape index (κ3) is 6.96. The summed E-state index contributed by atoms with van der Waals surface area (Å²) < 4.78 is 20.0. The topological polar surface area (TPSA) is 54.3 Å². The van der Waals surface area contributed by atoms with Crippen molar-refractivity contribution in [2.75, 3.05) is 19.7 Å². The van der Waals surface area contributed by atoms with E-state index in [1.165, 1.54) is 6.07 Å². The fraction of sp³-hybridized carbons (Fsp3) is 0.296. The Bertz CT molecular complexity index is 1030. The molecule has 1 aliphatic heterocycles. The minimum atomic E-state index is -0.712. The molecule has 3 aromatic rings. The van der Waals surface area contributed by atoms with E-state index in [-0.39, 0.29) is 18.5 Å². The Balaban J connectivity index is 1.34. The van der Waals surface area contributed by atoms with Gasteiger partial charge in [-0.15, -0.1) is 0 Å². The van der Waals surface area contributed by atoms with Crippen LogP contribution in [-0.2, 0) is 22.7 Å². The van der Waals surface area contributed by atoms with Crippen LogP contribution < -0.4 is 0 Å². The quantitative estimate of drug-likeness (QED) is 0.473. The fourth-order valence-corrected chi connectivity index (χ4v) is 3.92. The number of aliphatic hydroxyl groups is 1. The summed E-state index contributed by atoms with van der Waals surface area (Å²) >= 11 is 0. The first kappa shape index (κ1) is 23.1. The lowest BCUT2D eigenvalue weighted by Gasteiger charge is -2.27. The third-order valence-corrected chi connectivity index (χ3v) is 5.54. The van der Waals surface area contributed by atoms with Crippen LogP contribution in [0.3, 0.4) is 0 Å². The van der Waals surface area contributed by atoms with Gasteiger partial charge < -0.3 is 14.7 Å². The summed E-state index contributed by atoms with van der Waals surface area (Å²) in [5.41, 5.74) is 3.57. The van der Waals surface area contributed by atoms with Crippen LogP contribution in [-0.4, -0.2) is 47.6 Å². The molecule has 0 amide bonds. The lowest BCUT2D eigenvalue weighted by molar-refractivity contribution is -0.00670. The van der Waals surface area contributed by atoms with Crippen LogP contribution in [0.2, 0.25) is 0 Å². The van der Waals surface area contributed by atoms with E-state index in [0.29, 0.717) is 38.2 Å². The number of hydrogen-bond acceptors (Lipinski definition) is 5. The SMILES string of the molecule is OC(COCc1ccccc1)CN(Cc1ccccc1F)CC1CC(c2ccccc2)=NO1. The first-order valence-electron chi connectivity index (χ1n) is 11.2. The number of hydrogen-bond donors (Lipinski definition) is 1. The Morgan fingerprint density at radius 2 is 1.70 bits per heavy atom. The van der Waals surface area contributed by atoms with E-state index in [0.717, 1.165) is 16.8 Å². The largest absolute Gasteiger partial charge is 0.390 e. The molecule has 0 radical (unpaired) electrons. The summed E-state index contributed by atoms with van der Waals surface area (Å²) in [6, 6.07) is 26.5. The van der Waals surface area contributed by atoms with Gasteiger partial charge in [-0.05, 0) is 17.2 Å². The molecule has 172 valence electrons. The number of aliphatic hydroxyl groups excluding tert-OH is 1. The number of nitrogens with zero attached hydrogens (tertiary/aromatic N) is 2. The van der Waals surface area contributed by atoms with Gasteiger partial charge in [-0.3, -0.25) is 4.90 Å². The monoisotopic (exact) mass is 448 g/mol. The van der Waals surface area contributed by atoms with Gasteiger partial charge in [0.1, 0.15) is 11.9 Å². The summed E-state index contributed by atoms with van der Waals surface area (Å²) in [7, 11) is 0. The first-order valence-corrected chi connectivity index (χ1v) is 11.2. The van der Waals surface area contributed by atoms with Crippen LogP contribution >= 0.6 is 0 Å². The Morgan fingerprint density at radius 3 is 2.45 bits per heavy atom. The van der Waals surface area contributed by atoms with E-state index in [2.05, 4.69) is 5.16 Å². The molecule has 6 heteroatoms. The lowest BCUT2D eigenvalue weighted by Crippen LogP contribution is -2.39. The third-order valence-electron chi connectivity index (χ3n) is 5.54. The van der Waals surface area contributed by atoms with Crippen molar-refractivity contribution in [3.05, 3.63) is 107 Å². The van der Waals surface area contributed by atoms with Gasteiger partial charge in [-0.25, -0.2) is 4.39 Å². The molecule has 0 bridgehead atoms. The number of halogens is 1. The molecule has 4 rings (SSSR count). The van der Waals surface area contributed by atoms with Gasteiger partial charge in [0.25, 0.3) is 0 Å². The van der Waals surface area contributed by atoms with E-state index < -0.39 is 6.10 Å². The average Bonchev–Trinajstić information content (AvgIpc) is 3.30. The molecule has 0 saturated heterocycles. The molecule has 0 saturated carbocycles. The highest BCUT2D eigenvalue weighted by Gasteiger charge is 2.26. The van der Waals surface area contributed by atoms with Gasteiger partial charge in [-0.2, -0.15) is 0 Å². The Morgan fingerprint density at radius 1 is 1.00 bits per heavy atom. The summed E-state index contributed by atoms with van der Waals surface area (Å²) in [6.45, 7) is 1.85. The summed E-state index contributed by atoms with van der Waals surface area (Å²) in [5.74, 6) is -0.258. The van der Waals surface area contributed by atoms with Crippen molar-refractivity contribution >= 4 is 5.71 Å². The Hall–Kier alpha value is -3.06. The molecule has 0 fully saturated rings. The van der Waals surface area contributed by atoms with Crippen LogP contribution in [0.4, 0.5) is 4.39 Å². The van der Waals surface area contributed by atoms with Crippen molar-refractivity contribution in [2.45, 2.75) is 31.8 Å². The van der Waals surface area contributed by atoms with E-state index in [1.807, 2.05) is 71.6 Å². The zero-order valence-electron chi connectivity index (χ0n) is 18.5. The Kier molecular flexibility index (Phi) is 8.19. The van der Waals surface area contributed by atoms with Crippen molar-refractivity contribution < 1.29 is 19.1 Å². The van der Waals surface area contributed by atoms with Crippen molar-refractivity contribution in [2.24, 2.45) is 5.16 Å². The normalized spacial score (nSPS) is 16.5. The number of benzene rings is 3. The standard InChI is InChI=1S/C27H29FN2O3/c28-26-14-8-7-13-23(26)16-30(17-24(31)20-32-19-21-9-3-1-4-10-21)18-25-15-27(29-33-25)22-11-5-2-6-12-22/h1-14,24-25,31H,15-20H2. The molecule has 2 atom stereocenters. The smallest absolute Gasteiger partial charge is 0.145 e. The highest BCUT2D eigenvalue weighted by Crippen LogP contribution is 2.19. The van der Waals surface area contributed by atoms with Crippen molar-refractivity contribution in [3.63, 3.8) is 0 Å². The van der Waals surface area contributed by atoms with Crippen LogP contribution in [0.1, 0.15) is 23.1 Å².